The van der Waals surface area contributed by atoms with Gasteiger partial charge in [-0.15, -0.1) is 11.8 Å². The van der Waals surface area contributed by atoms with Crippen molar-refractivity contribution in [3.63, 3.8) is 0 Å². The molecule has 1 saturated heterocycles. The average Bonchev–Trinajstić information content (AvgIpc) is 3.22. The highest BCUT2D eigenvalue weighted by molar-refractivity contribution is 8.00. The van der Waals surface area contributed by atoms with Crippen molar-refractivity contribution in [3.8, 4) is 0 Å². The molecule has 2 aromatic carbocycles. The van der Waals surface area contributed by atoms with Gasteiger partial charge in [-0.05, 0) is 54.8 Å². The van der Waals surface area contributed by atoms with E-state index >= 15 is 0 Å². The van der Waals surface area contributed by atoms with Crippen LogP contribution in [0.25, 0.3) is 0 Å². The van der Waals surface area contributed by atoms with E-state index in [2.05, 4.69) is 5.32 Å². The molecule has 1 fully saturated rings. The molecule has 1 aliphatic heterocycles. The average molecular weight is 425 g/mol. The van der Waals surface area contributed by atoms with Crippen LogP contribution in [0.15, 0.2) is 58.3 Å². The third-order valence-corrected chi connectivity index (χ3v) is 7.48. The molecule has 144 valence electrons. The lowest BCUT2D eigenvalue weighted by molar-refractivity contribution is -0.118. The lowest BCUT2D eigenvalue weighted by Gasteiger charge is -2.15. The van der Waals surface area contributed by atoms with E-state index in [-0.39, 0.29) is 5.91 Å². The Labute approximate surface area is 169 Å². The first-order valence-electron chi connectivity index (χ1n) is 8.69. The lowest BCUT2D eigenvalue weighted by atomic mass is 10.2. The number of carbonyl (C=O) groups is 1. The van der Waals surface area contributed by atoms with E-state index in [1.54, 1.807) is 36.4 Å². The smallest absolute Gasteiger partial charge is 0.243 e. The van der Waals surface area contributed by atoms with Crippen LogP contribution in [0, 0.1) is 0 Å². The van der Waals surface area contributed by atoms with E-state index in [9.17, 15) is 13.2 Å². The number of nitrogens with one attached hydrogen (secondary N) is 1. The molecule has 27 heavy (non-hydrogen) atoms. The highest BCUT2D eigenvalue weighted by atomic mass is 35.5. The molecule has 8 heteroatoms. The van der Waals surface area contributed by atoms with Crippen molar-refractivity contribution in [2.24, 2.45) is 0 Å². The fourth-order valence-electron chi connectivity index (χ4n) is 2.79. The van der Waals surface area contributed by atoms with Gasteiger partial charge in [0.15, 0.2) is 0 Å². The third kappa shape index (κ3) is 5.48. The molecule has 0 unspecified atom stereocenters. The van der Waals surface area contributed by atoms with Crippen LogP contribution < -0.4 is 5.32 Å². The minimum Gasteiger partial charge on any atom is -0.351 e. The van der Waals surface area contributed by atoms with E-state index in [0.29, 0.717) is 35.3 Å². The van der Waals surface area contributed by atoms with Crippen LogP contribution >= 0.6 is 23.4 Å². The first-order valence-corrected chi connectivity index (χ1v) is 11.5. The summed E-state index contributed by atoms with van der Waals surface area (Å²) in [5.41, 5.74) is 0.861. The van der Waals surface area contributed by atoms with Crippen molar-refractivity contribution in [1.82, 2.24) is 9.62 Å². The topological polar surface area (TPSA) is 66.5 Å². The number of rotatable bonds is 7. The molecular weight excluding hydrogens is 404 g/mol. The summed E-state index contributed by atoms with van der Waals surface area (Å²) in [4.78, 5) is 13.3. The minimum absolute atomic E-state index is 0.0799. The fraction of sp³-hybridized carbons (Fsp3) is 0.316. The van der Waals surface area contributed by atoms with Crippen LogP contribution in [-0.4, -0.2) is 37.5 Å². The van der Waals surface area contributed by atoms with Crippen molar-refractivity contribution in [2.45, 2.75) is 29.2 Å². The molecule has 0 atom stereocenters. The van der Waals surface area contributed by atoms with Crippen LogP contribution in [0.3, 0.4) is 0 Å². The summed E-state index contributed by atoms with van der Waals surface area (Å²) in [5.74, 6) is 0.229. The van der Waals surface area contributed by atoms with Crippen molar-refractivity contribution < 1.29 is 13.2 Å². The molecule has 1 amide bonds. The molecule has 0 aromatic heterocycles. The number of thioether (sulfide) groups is 1. The Morgan fingerprint density at radius 1 is 1.04 bits per heavy atom. The lowest BCUT2D eigenvalue weighted by Crippen LogP contribution is -2.28. The summed E-state index contributed by atoms with van der Waals surface area (Å²) < 4.78 is 26.5. The molecule has 3 rings (SSSR count). The van der Waals surface area contributed by atoms with Crippen molar-refractivity contribution in [1.29, 1.82) is 0 Å². The molecule has 1 N–H and O–H groups in total. The number of benzene rings is 2. The number of hydrogen-bond acceptors (Lipinski definition) is 4. The van der Waals surface area contributed by atoms with Crippen molar-refractivity contribution in [2.75, 3.05) is 18.8 Å². The maximum atomic E-state index is 12.5. The van der Waals surface area contributed by atoms with Gasteiger partial charge in [0.05, 0.1) is 10.6 Å². The van der Waals surface area contributed by atoms with E-state index in [4.69, 9.17) is 11.6 Å². The Morgan fingerprint density at radius 3 is 2.30 bits per heavy atom. The van der Waals surface area contributed by atoms with Gasteiger partial charge in [-0.2, -0.15) is 4.31 Å². The number of hydrogen-bond donors (Lipinski definition) is 1. The van der Waals surface area contributed by atoms with Gasteiger partial charge < -0.3 is 5.32 Å². The Kier molecular flexibility index (Phi) is 6.81. The standard InChI is InChI=1S/C19H21ClN2O3S2/c20-16-5-7-17(8-6-16)26-14-19(23)21-13-15-3-9-18(10-4-15)27(24,25)22-11-1-2-12-22/h3-10H,1-2,11-14H2,(H,21,23). The number of nitrogens with zero attached hydrogens (tertiary/aromatic N) is 1. The molecule has 0 spiro atoms. The number of sulfonamides is 1. The van der Waals surface area contributed by atoms with Crippen LogP contribution in [-0.2, 0) is 21.4 Å². The molecule has 5 nitrogen and oxygen atoms in total. The second-order valence-electron chi connectivity index (χ2n) is 6.27. The van der Waals surface area contributed by atoms with Crippen LogP contribution in [0.5, 0.6) is 0 Å². The highest BCUT2D eigenvalue weighted by Gasteiger charge is 2.26. The van der Waals surface area contributed by atoms with Crippen molar-refractivity contribution in [3.05, 3.63) is 59.1 Å². The maximum absolute atomic E-state index is 12.5. The molecule has 1 heterocycles. The summed E-state index contributed by atoms with van der Waals surface area (Å²) in [6.45, 7) is 1.54. The summed E-state index contributed by atoms with van der Waals surface area (Å²) in [6.07, 6.45) is 1.83. The molecule has 1 aliphatic rings. The number of halogens is 1. The normalized spacial score (nSPS) is 15.0. The zero-order valence-corrected chi connectivity index (χ0v) is 17.1. The Bertz CT molecular complexity index is 878. The van der Waals surface area contributed by atoms with Gasteiger partial charge in [0.2, 0.25) is 15.9 Å². The van der Waals surface area contributed by atoms with Crippen LogP contribution in [0.1, 0.15) is 18.4 Å². The molecule has 0 bridgehead atoms. The first-order chi connectivity index (χ1) is 12.9. The van der Waals surface area contributed by atoms with E-state index < -0.39 is 10.0 Å². The number of amides is 1. The molecule has 0 saturated carbocycles. The molecule has 0 aliphatic carbocycles. The van der Waals surface area contributed by atoms with Gasteiger partial charge in [0, 0.05) is 29.6 Å². The Balaban J connectivity index is 1.49. The second kappa shape index (κ2) is 9.10. The SMILES string of the molecule is O=C(CSc1ccc(Cl)cc1)NCc1ccc(S(=O)(=O)N2CCCC2)cc1. The van der Waals surface area contributed by atoms with E-state index in [1.165, 1.54) is 16.1 Å². The largest absolute Gasteiger partial charge is 0.351 e. The zero-order chi connectivity index (χ0) is 19.3. The van der Waals surface area contributed by atoms with E-state index in [1.807, 2.05) is 12.1 Å². The van der Waals surface area contributed by atoms with Gasteiger partial charge in [0.25, 0.3) is 0 Å². The molecule has 2 aromatic rings. The monoisotopic (exact) mass is 424 g/mol. The van der Waals surface area contributed by atoms with E-state index in [0.717, 1.165) is 23.3 Å². The Morgan fingerprint density at radius 2 is 1.67 bits per heavy atom. The van der Waals surface area contributed by atoms with Crippen LogP contribution in [0.4, 0.5) is 0 Å². The van der Waals surface area contributed by atoms with Gasteiger partial charge >= 0.3 is 0 Å². The molecule has 0 radical (unpaired) electrons. The zero-order valence-electron chi connectivity index (χ0n) is 14.7. The van der Waals surface area contributed by atoms with Gasteiger partial charge in [-0.25, -0.2) is 8.42 Å². The maximum Gasteiger partial charge on any atom is 0.243 e. The Hall–Kier alpha value is -1.54. The third-order valence-electron chi connectivity index (χ3n) is 4.30. The quantitative estimate of drug-likeness (QED) is 0.690. The molecular formula is C19H21ClN2O3S2. The summed E-state index contributed by atoms with van der Waals surface area (Å²) >= 11 is 7.28. The van der Waals surface area contributed by atoms with Gasteiger partial charge in [0.1, 0.15) is 0 Å². The number of carbonyl (C=O) groups excluding carboxylic acids is 1. The highest BCUT2D eigenvalue weighted by Crippen LogP contribution is 2.22. The summed E-state index contributed by atoms with van der Waals surface area (Å²) in [5, 5.41) is 3.51. The first kappa shape index (κ1) is 20.2. The summed E-state index contributed by atoms with van der Waals surface area (Å²) in [7, 11) is -3.40. The van der Waals surface area contributed by atoms with Crippen molar-refractivity contribution >= 4 is 39.3 Å². The minimum atomic E-state index is -3.40. The second-order valence-corrected chi connectivity index (χ2v) is 9.70. The van der Waals surface area contributed by atoms with Gasteiger partial charge in [-0.3, -0.25) is 4.79 Å². The predicted molar refractivity (Wildman–Crippen MR) is 108 cm³/mol. The van der Waals surface area contributed by atoms with Crippen LogP contribution in [0.2, 0.25) is 5.02 Å². The predicted octanol–water partition coefficient (Wildman–Crippen LogP) is 3.53. The summed E-state index contributed by atoms with van der Waals surface area (Å²) in [6, 6.07) is 14.0. The van der Waals surface area contributed by atoms with Gasteiger partial charge in [-0.1, -0.05) is 23.7 Å². The fourth-order valence-corrected chi connectivity index (χ4v) is 5.16.